The molecule has 2 fully saturated rings. The average Bonchev–Trinajstić information content (AvgIpc) is 3.97. The molecule has 2 aliphatic heterocycles. The smallest absolute Gasteiger partial charge is 0.326 e. The van der Waals surface area contributed by atoms with Crippen LogP contribution in [-0.2, 0) is 57.5 Å². The van der Waals surface area contributed by atoms with Crippen LogP contribution in [0.4, 0.5) is 0 Å². The van der Waals surface area contributed by atoms with Crippen molar-refractivity contribution in [1.29, 1.82) is 0 Å². The van der Waals surface area contributed by atoms with Crippen LogP contribution in [0.15, 0.2) is 0 Å². The molecule has 0 aromatic rings. The number of aliphatic hydroxyl groups excluding tert-OH is 1. The van der Waals surface area contributed by atoms with Gasteiger partial charge >= 0.3 is 11.9 Å². The van der Waals surface area contributed by atoms with Crippen molar-refractivity contribution in [1.82, 2.24) is 52.8 Å². The van der Waals surface area contributed by atoms with E-state index in [9.17, 15) is 72.9 Å². The Bertz CT molecular complexity index is 1920. The van der Waals surface area contributed by atoms with Gasteiger partial charge in [-0.25, -0.2) is 4.79 Å². The van der Waals surface area contributed by atoms with Gasteiger partial charge in [0, 0.05) is 19.5 Å². The van der Waals surface area contributed by atoms with Crippen LogP contribution in [0.5, 0.6) is 0 Å². The van der Waals surface area contributed by atoms with Gasteiger partial charge in [-0.05, 0) is 83.1 Å². The van der Waals surface area contributed by atoms with E-state index in [1.54, 1.807) is 27.7 Å². The zero-order valence-corrected chi connectivity index (χ0v) is 41.0. The molecule has 0 unspecified atom stereocenters. The molecule has 0 aromatic carbocycles. The summed E-state index contributed by atoms with van der Waals surface area (Å²) in [6.07, 6.45) is -0.543. The predicted octanol–water partition coefficient (Wildman–Crippen LogP) is -5.09. The summed E-state index contributed by atoms with van der Waals surface area (Å²) in [5.74, 6) is -11.6. The molecule has 0 bridgehead atoms. The lowest BCUT2D eigenvalue weighted by atomic mass is 9.99. The number of carboxylic acids is 2. The normalized spacial score (nSPS) is 18.9. The summed E-state index contributed by atoms with van der Waals surface area (Å²) in [5, 5.41) is 51.1. The number of likely N-dealkylation sites (tertiary alicyclic amines) is 1. The van der Waals surface area contributed by atoms with Crippen molar-refractivity contribution in [3.05, 3.63) is 0 Å². The molecule has 16 N–H and O–H groups in total. The summed E-state index contributed by atoms with van der Waals surface area (Å²) in [5.41, 5.74) is 10.7. The molecule has 400 valence electrons. The highest BCUT2D eigenvalue weighted by molar-refractivity contribution is 5.98. The lowest BCUT2D eigenvalue weighted by Crippen LogP contribution is -2.60. The number of unbranched alkanes of at least 4 members (excludes halogenated alkanes) is 1. The number of nitrogens with zero attached hydrogens (tertiary/aromatic N) is 1. The monoisotopic (exact) mass is 1010 g/mol. The van der Waals surface area contributed by atoms with E-state index in [2.05, 4.69) is 47.9 Å². The van der Waals surface area contributed by atoms with Crippen molar-refractivity contribution in [2.24, 2.45) is 23.3 Å². The van der Waals surface area contributed by atoms with Crippen LogP contribution < -0.4 is 59.3 Å². The van der Waals surface area contributed by atoms with Gasteiger partial charge in [0.05, 0.1) is 31.7 Å². The number of aliphatic carboxylic acids is 2. The predicted molar refractivity (Wildman–Crippen MR) is 251 cm³/mol. The summed E-state index contributed by atoms with van der Waals surface area (Å²) in [6.45, 7) is 7.81. The number of carbonyl (C=O) groups is 12. The van der Waals surface area contributed by atoms with Crippen LogP contribution >= 0.6 is 0 Å². The maximum Gasteiger partial charge on any atom is 0.326 e. The molecule has 0 aromatic heterocycles. The van der Waals surface area contributed by atoms with Crippen molar-refractivity contribution in [2.45, 2.75) is 160 Å². The van der Waals surface area contributed by atoms with Crippen LogP contribution in [0, 0.1) is 11.8 Å². The Morgan fingerprint density at radius 3 is 1.77 bits per heavy atom. The fraction of sp³-hybridized carbons (Fsp3) is 0.727. The van der Waals surface area contributed by atoms with Crippen LogP contribution in [0.25, 0.3) is 0 Å². The number of carboxylic acid groups (broad SMARTS) is 2. The van der Waals surface area contributed by atoms with E-state index in [0.29, 0.717) is 25.8 Å². The second kappa shape index (κ2) is 30.3. The van der Waals surface area contributed by atoms with E-state index in [4.69, 9.17) is 11.5 Å². The number of hydrogen-bond donors (Lipinski definition) is 14. The highest BCUT2D eigenvalue weighted by Gasteiger charge is 2.37. The summed E-state index contributed by atoms with van der Waals surface area (Å²) < 4.78 is 0. The summed E-state index contributed by atoms with van der Waals surface area (Å²) in [7, 11) is 0. The van der Waals surface area contributed by atoms with Gasteiger partial charge in [-0.1, -0.05) is 27.7 Å². The molecule has 2 saturated heterocycles. The van der Waals surface area contributed by atoms with E-state index in [0.717, 1.165) is 0 Å². The third-order valence-corrected chi connectivity index (χ3v) is 11.5. The minimum atomic E-state index is -1.84. The van der Waals surface area contributed by atoms with Crippen LogP contribution in [0.1, 0.15) is 105 Å². The van der Waals surface area contributed by atoms with Crippen LogP contribution in [0.2, 0.25) is 0 Å². The zero-order valence-electron chi connectivity index (χ0n) is 41.0. The number of hydrogen-bond acceptors (Lipinski definition) is 15. The Balaban J connectivity index is 2.13. The van der Waals surface area contributed by atoms with E-state index in [1.807, 2.05) is 0 Å². The molecule has 2 rings (SSSR count). The molecule has 27 heteroatoms. The minimum absolute atomic E-state index is 0.0407. The van der Waals surface area contributed by atoms with Gasteiger partial charge in [0.15, 0.2) is 0 Å². The zero-order chi connectivity index (χ0) is 53.5. The lowest BCUT2D eigenvalue weighted by molar-refractivity contribution is -0.144. The van der Waals surface area contributed by atoms with Crippen molar-refractivity contribution in [3.63, 3.8) is 0 Å². The van der Waals surface area contributed by atoms with E-state index < -0.39 is 151 Å². The third kappa shape index (κ3) is 22.0. The SMILES string of the molecule is CC(C)C[C@H](NC(=O)[C@H](CC(C)C)NC(=O)[C@H](CC(=O)O)NC(=O)[C@H](CCC(N)=O)NC(=O)CNC(=O)[C@@H]1C[C@@H](O)CN1)C(=O)N[C@@H](C)C(=O)NCC(=O)N1CCC[C@H]1C(=O)N[C@@H](CCCCN)C(=O)O. The maximum atomic E-state index is 13.9. The number of amides is 10. The van der Waals surface area contributed by atoms with Gasteiger partial charge in [0.2, 0.25) is 59.1 Å². The van der Waals surface area contributed by atoms with Crippen molar-refractivity contribution < 1.29 is 72.9 Å². The Hall–Kier alpha value is -6.48. The first-order chi connectivity index (χ1) is 33.3. The number of nitrogens with two attached hydrogens (primary N) is 2. The first-order valence-electron chi connectivity index (χ1n) is 23.8. The van der Waals surface area contributed by atoms with E-state index in [1.165, 1.54) is 11.8 Å². The Labute approximate surface area is 411 Å². The van der Waals surface area contributed by atoms with Crippen LogP contribution in [-0.4, -0.2) is 178 Å². The molecule has 0 aliphatic carbocycles. The molecule has 2 aliphatic rings. The summed E-state index contributed by atoms with van der Waals surface area (Å²) in [4.78, 5) is 156. The first-order valence-corrected chi connectivity index (χ1v) is 23.8. The molecule has 0 saturated carbocycles. The largest absolute Gasteiger partial charge is 0.481 e. The molecule has 71 heavy (non-hydrogen) atoms. The lowest BCUT2D eigenvalue weighted by Gasteiger charge is -2.28. The van der Waals surface area contributed by atoms with Crippen LogP contribution in [0.3, 0.4) is 0 Å². The molecule has 0 spiro atoms. The van der Waals surface area contributed by atoms with E-state index >= 15 is 0 Å². The molecular formula is C44H74N12O15. The maximum absolute atomic E-state index is 13.9. The molecule has 2 heterocycles. The van der Waals surface area contributed by atoms with Gasteiger partial charge < -0.3 is 79.5 Å². The molecular weight excluding hydrogens is 937 g/mol. The highest BCUT2D eigenvalue weighted by atomic mass is 16.4. The molecule has 0 radical (unpaired) electrons. The van der Waals surface area contributed by atoms with Gasteiger partial charge in [0.25, 0.3) is 0 Å². The standard InChI is InChI=1S/C44H74N12O15/c1-22(2)15-29(40(66)50-24(5)37(63)49-21-35(60)56-14-8-10-32(56)43(69)52-27(44(70)71)9-6-7-13-45)53-41(67)30(16-23(3)4)54-42(68)31(18-36(61)62)55-39(65)26(11-12-33(46)58)51-34(59)20-48-38(64)28-17-25(57)19-47-28/h22-32,47,57H,6-21,45H2,1-5H3,(H2,46,58)(H,48,64)(H,49,63)(H,50,66)(H,51,59)(H,52,69)(H,53,67)(H,54,68)(H,55,65)(H,61,62)(H,70,71)/t24-,25+,26-,27-,28-,29-,30-,31-,32-/m0/s1. The first kappa shape index (κ1) is 60.6. The van der Waals surface area contributed by atoms with Crippen molar-refractivity contribution >= 4 is 71.0 Å². The molecule has 10 amide bonds. The summed E-state index contributed by atoms with van der Waals surface area (Å²) in [6, 6.07) is -10.2. The number of β-amino-alcohol motifs (C(OH)–C–C–N with tert-alkyl or cyclic N) is 1. The third-order valence-electron chi connectivity index (χ3n) is 11.5. The Kier molecular flexibility index (Phi) is 25.9. The fourth-order valence-electron chi connectivity index (χ4n) is 7.77. The molecule has 27 nitrogen and oxygen atoms in total. The van der Waals surface area contributed by atoms with Crippen molar-refractivity contribution in [2.75, 3.05) is 32.7 Å². The summed E-state index contributed by atoms with van der Waals surface area (Å²) >= 11 is 0. The molecule has 9 atom stereocenters. The van der Waals surface area contributed by atoms with Crippen molar-refractivity contribution in [3.8, 4) is 0 Å². The Morgan fingerprint density at radius 1 is 0.662 bits per heavy atom. The number of rotatable bonds is 31. The van der Waals surface area contributed by atoms with Gasteiger partial charge in [-0.2, -0.15) is 0 Å². The average molecular weight is 1010 g/mol. The highest BCUT2D eigenvalue weighted by Crippen LogP contribution is 2.18. The number of carbonyl (C=O) groups excluding carboxylic acids is 10. The quantitative estimate of drug-likeness (QED) is 0.0289. The minimum Gasteiger partial charge on any atom is -0.481 e. The number of aliphatic hydroxyl groups is 1. The van der Waals surface area contributed by atoms with E-state index in [-0.39, 0.29) is 63.5 Å². The number of nitrogens with one attached hydrogen (secondary N) is 9. The van der Waals surface area contributed by atoms with Gasteiger partial charge in [-0.3, -0.25) is 52.7 Å². The fourth-order valence-corrected chi connectivity index (χ4v) is 7.77. The second-order valence-electron chi connectivity index (χ2n) is 18.6. The second-order valence-corrected chi connectivity index (χ2v) is 18.6. The van der Waals surface area contributed by atoms with Gasteiger partial charge in [-0.15, -0.1) is 0 Å². The number of primary amides is 1. The topological polar surface area (TPSA) is 429 Å². The van der Waals surface area contributed by atoms with Gasteiger partial charge in [0.1, 0.15) is 42.3 Å². The Morgan fingerprint density at radius 2 is 1.24 bits per heavy atom.